The fourth-order valence-electron chi connectivity index (χ4n) is 1.90. The summed E-state index contributed by atoms with van der Waals surface area (Å²) in [4.78, 5) is 13.3. The number of carbonyl (C=O) groups excluding carboxylic acids is 1. The zero-order valence-corrected chi connectivity index (χ0v) is 12.3. The number of anilines is 1. The first kappa shape index (κ1) is 14.6. The van der Waals surface area contributed by atoms with Crippen LogP contribution < -0.4 is 4.90 Å². The first-order valence-electron chi connectivity index (χ1n) is 6.69. The van der Waals surface area contributed by atoms with Crippen molar-refractivity contribution in [2.45, 2.75) is 6.92 Å². The van der Waals surface area contributed by atoms with Crippen LogP contribution in [0.2, 0.25) is 0 Å². The van der Waals surface area contributed by atoms with Crippen LogP contribution in [0.25, 0.3) is 0 Å². The van der Waals surface area contributed by atoms with E-state index in [1.807, 2.05) is 55.5 Å². The number of rotatable bonds is 2. The van der Waals surface area contributed by atoms with Gasteiger partial charge >= 0.3 is 0 Å². The molecule has 0 radical (unpaired) electrons. The van der Waals surface area contributed by atoms with Gasteiger partial charge in [0.2, 0.25) is 5.91 Å². The van der Waals surface area contributed by atoms with Crippen molar-refractivity contribution in [2.24, 2.45) is 0 Å². The summed E-state index contributed by atoms with van der Waals surface area (Å²) >= 11 is 0. The van der Waals surface area contributed by atoms with Crippen LogP contribution in [0.15, 0.2) is 61.2 Å². The van der Waals surface area contributed by atoms with E-state index in [1.165, 1.54) is 11.6 Å². The zero-order chi connectivity index (χ0) is 15.2. The van der Waals surface area contributed by atoms with E-state index in [0.29, 0.717) is 0 Å². The molecule has 0 aliphatic heterocycles. The van der Waals surface area contributed by atoms with E-state index in [9.17, 15) is 4.79 Å². The van der Waals surface area contributed by atoms with E-state index < -0.39 is 0 Å². The van der Waals surface area contributed by atoms with Crippen molar-refractivity contribution >= 4 is 11.6 Å². The Morgan fingerprint density at radius 2 is 1.76 bits per heavy atom. The van der Waals surface area contributed by atoms with Gasteiger partial charge < -0.3 is 4.90 Å². The van der Waals surface area contributed by atoms with Gasteiger partial charge in [-0.25, -0.2) is 0 Å². The number of para-hydroxylation sites is 1. The van der Waals surface area contributed by atoms with Crippen molar-refractivity contribution in [2.75, 3.05) is 11.9 Å². The fraction of sp³-hybridized carbons (Fsp3) is 0.105. The highest BCUT2D eigenvalue weighted by atomic mass is 16.2. The van der Waals surface area contributed by atoms with Crippen LogP contribution in [-0.4, -0.2) is 13.0 Å². The predicted molar refractivity (Wildman–Crippen MR) is 87.2 cm³/mol. The summed E-state index contributed by atoms with van der Waals surface area (Å²) < 4.78 is 0. The van der Waals surface area contributed by atoms with Crippen molar-refractivity contribution in [1.82, 2.24) is 0 Å². The van der Waals surface area contributed by atoms with Crippen molar-refractivity contribution in [1.29, 1.82) is 0 Å². The summed E-state index contributed by atoms with van der Waals surface area (Å²) in [5.41, 5.74) is 3.75. The lowest BCUT2D eigenvalue weighted by atomic mass is 10.1. The van der Waals surface area contributed by atoms with Gasteiger partial charge in [0, 0.05) is 18.2 Å². The summed E-state index contributed by atoms with van der Waals surface area (Å²) in [5.74, 6) is 6.10. The maximum Gasteiger partial charge on any atom is 0.250 e. The van der Waals surface area contributed by atoms with E-state index in [2.05, 4.69) is 18.4 Å². The summed E-state index contributed by atoms with van der Waals surface area (Å²) in [7, 11) is 1.72. The molecule has 2 rings (SSSR count). The Hall–Kier alpha value is -2.79. The van der Waals surface area contributed by atoms with Crippen LogP contribution in [0.3, 0.4) is 0 Å². The Labute approximate surface area is 125 Å². The molecule has 0 aliphatic carbocycles. The average Bonchev–Trinajstić information content (AvgIpc) is 2.53. The highest BCUT2D eigenvalue weighted by Crippen LogP contribution is 2.18. The zero-order valence-electron chi connectivity index (χ0n) is 12.3. The number of benzene rings is 2. The Balaban J connectivity index is 2.35. The van der Waals surface area contributed by atoms with Gasteiger partial charge in [0.05, 0.1) is 5.69 Å². The number of nitrogens with zero attached hydrogens (tertiary/aromatic N) is 1. The highest BCUT2D eigenvalue weighted by Gasteiger charge is 2.09. The summed E-state index contributed by atoms with van der Waals surface area (Å²) in [6.07, 6.45) is 1.30. The molecular formula is C19H17NO. The third-order valence-electron chi connectivity index (χ3n) is 3.16. The monoisotopic (exact) mass is 275 g/mol. The van der Waals surface area contributed by atoms with Crippen molar-refractivity contribution in [3.63, 3.8) is 0 Å². The van der Waals surface area contributed by atoms with Crippen molar-refractivity contribution in [3.05, 3.63) is 77.9 Å². The highest BCUT2D eigenvalue weighted by molar-refractivity contribution is 6.01. The van der Waals surface area contributed by atoms with E-state index in [-0.39, 0.29) is 5.91 Å². The number of aryl methyl sites for hydroxylation is 1. The van der Waals surface area contributed by atoms with E-state index in [4.69, 9.17) is 0 Å². The molecule has 2 aromatic carbocycles. The lowest BCUT2D eigenvalue weighted by Gasteiger charge is -2.16. The van der Waals surface area contributed by atoms with Crippen LogP contribution in [0.4, 0.5) is 5.69 Å². The molecule has 0 fully saturated rings. The maximum atomic E-state index is 11.7. The van der Waals surface area contributed by atoms with Gasteiger partial charge in [-0.05, 0) is 37.3 Å². The second-order valence-corrected chi connectivity index (χ2v) is 4.73. The van der Waals surface area contributed by atoms with Crippen molar-refractivity contribution in [3.8, 4) is 11.8 Å². The van der Waals surface area contributed by atoms with Gasteiger partial charge in [-0.3, -0.25) is 4.79 Å². The maximum absolute atomic E-state index is 11.7. The molecule has 0 spiro atoms. The normalized spacial score (nSPS) is 9.43. The minimum absolute atomic E-state index is 0.153. The molecule has 0 saturated carbocycles. The molecule has 2 heteroatoms. The minimum Gasteiger partial charge on any atom is -0.311 e. The van der Waals surface area contributed by atoms with E-state index in [0.717, 1.165) is 16.8 Å². The van der Waals surface area contributed by atoms with Gasteiger partial charge in [0.1, 0.15) is 0 Å². The Kier molecular flexibility index (Phi) is 4.58. The molecule has 0 atom stereocenters. The summed E-state index contributed by atoms with van der Waals surface area (Å²) in [5, 5.41) is 0. The number of carbonyl (C=O) groups is 1. The average molecular weight is 275 g/mol. The first-order chi connectivity index (χ1) is 10.1. The second kappa shape index (κ2) is 6.58. The number of hydrogen-bond donors (Lipinski definition) is 0. The van der Waals surface area contributed by atoms with E-state index >= 15 is 0 Å². The van der Waals surface area contributed by atoms with Crippen LogP contribution >= 0.6 is 0 Å². The predicted octanol–water partition coefficient (Wildman–Crippen LogP) is 3.54. The number of amides is 1. The van der Waals surface area contributed by atoms with E-state index in [1.54, 1.807) is 11.9 Å². The lowest BCUT2D eigenvalue weighted by Crippen LogP contribution is -2.24. The minimum atomic E-state index is -0.153. The Bertz CT molecular complexity index is 717. The lowest BCUT2D eigenvalue weighted by molar-refractivity contribution is -0.113. The molecule has 0 N–H and O–H groups in total. The molecule has 2 aromatic rings. The van der Waals surface area contributed by atoms with Gasteiger partial charge in [0.25, 0.3) is 0 Å². The number of likely N-dealkylation sites (N-methyl/N-ethyl adjacent to an activating group) is 1. The molecule has 0 saturated heterocycles. The smallest absolute Gasteiger partial charge is 0.250 e. The largest absolute Gasteiger partial charge is 0.311 e. The van der Waals surface area contributed by atoms with Crippen molar-refractivity contribution < 1.29 is 4.79 Å². The molecule has 0 heterocycles. The standard InChI is InChI=1S/C19H17NO/c1-4-19(21)20(3)18-8-6-5-7-17(18)14-13-16-11-9-15(2)10-12-16/h4-12H,1H2,2-3H3. The van der Waals surface area contributed by atoms with Gasteiger partial charge in [-0.15, -0.1) is 0 Å². The van der Waals surface area contributed by atoms with Gasteiger partial charge in [0.15, 0.2) is 0 Å². The molecule has 0 aliphatic rings. The SMILES string of the molecule is C=CC(=O)N(C)c1ccccc1C#Cc1ccc(C)cc1. The van der Waals surface area contributed by atoms with Crippen LogP contribution in [0, 0.1) is 18.8 Å². The van der Waals surface area contributed by atoms with Crippen LogP contribution in [-0.2, 0) is 4.79 Å². The molecule has 0 unspecified atom stereocenters. The van der Waals surface area contributed by atoms with Crippen LogP contribution in [0.5, 0.6) is 0 Å². The molecule has 1 amide bonds. The Morgan fingerprint density at radius 1 is 1.10 bits per heavy atom. The first-order valence-corrected chi connectivity index (χ1v) is 6.69. The molecule has 104 valence electrons. The third-order valence-corrected chi connectivity index (χ3v) is 3.16. The molecule has 0 aromatic heterocycles. The fourth-order valence-corrected chi connectivity index (χ4v) is 1.90. The van der Waals surface area contributed by atoms with Gasteiger partial charge in [-0.1, -0.05) is 48.2 Å². The third kappa shape index (κ3) is 3.61. The molecule has 21 heavy (non-hydrogen) atoms. The Morgan fingerprint density at radius 3 is 2.43 bits per heavy atom. The topological polar surface area (TPSA) is 20.3 Å². The number of hydrogen-bond acceptors (Lipinski definition) is 1. The van der Waals surface area contributed by atoms with Gasteiger partial charge in [-0.2, -0.15) is 0 Å². The molecular weight excluding hydrogens is 258 g/mol. The second-order valence-electron chi connectivity index (χ2n) is 4.73. The molecule has 0 bridgehead atoms. The molecule has 2 nitrogen and oxygen atoms in total. The summed E-state index contributed by atoms with van der Waals surface area (Å²) in [6, 6.07) is 15.6. The van der Waals surface area contributed by atoms with Crippen LogP contribution in [0.1, 0.15) is 16.7 Å². The summed E-state index contributed by atoms with van der Waals surface area (Å²) in [6.45, 7) is 5.56. The quantitative estimate of drug-likeness (QED) is 0.606.